The lowest BCUT2D eigenvalue weighted by molar-refractivity contribution is 0.551. The second-order valence-corrected chi connectivity index (χ2v) is 6.94. The highest BCUT2D eigenvalue weighted by atomic mass is 79.9. The van der Waals surface area contributed by atoms with E-state index in [1.165, 1.54) is 22.1 Å². The highest BCUT2D eigenvalue weighted by molar-refractivity contribution is 9.10. The average Bonchev–Trinajstić information content (AvgIpc) is 2.37. The number of hydrogen-bond donors (Lipinski definition) is 1. The molecular formula is C17H29BrN2. The normalized spacial score (nSPS) is 11.4. The van der Waals surface area contributed by atoms with Crippen molar-refractivity contribution >= 4 is 21.6 Å². The van der Waals surface area contributed by atoms with Crippen LogP contribution in [-0.4, -0.2) is 19.1 Å². The number of rotatable bonds is 8. The molecule has 0 aliphatic heterocycles. The van der Waals surface area contributed by atoms with Crippen molar-refractivity contribution in [1.82, 2.24) is 5.32 Å². The smallest absolute Gasteiger partial charge is 0.0380 e. The molecule has 0 bridgehead atoms. The van der Waals surface area contributed by atoms with Gasteiger partial charge in [-0.1, -0.05) is 42.8 Å². The number of nitrogens with one attached hydrogen (secondary N) is 1. The van der Waals surface area contributed by atoms with Gasteiger partial charge in [0.15, 0.2) is 0 Å². The Morgan fingerprint density at radius 2 is 1.90 bits per heavy atom. The third-order valence-electron chi connectivity index (χ3n) is 3.32. The van der Waals surface area contributed by atoms with Gasteiger partial charge in [0.2, 0.25) is 0 Å². The van der Waals surface area contributed by atoms with Crippen LogP contribution in [0.5, 0.6) is 0 Å². The zero-order valence-electron chi connectivity index (χ0n) is 13.5. The molecule has 1 rings (SSSR count). The van der Waals surface area contributed by atoms with Crippen LogP contribution >= 0.6 is 15.9 Å². The van der Waals surface area contributed by atoms with E-state index in [0.717, 1.165) is 19.6 Å². The van der Waals surface area contributed by atoms with Crippen molar-refractivity contribution in [2.24, 2.45) is 5.92 Å². The molecule has 0 aromatic heterocycles. The number of halogens is 1. The third-order valence-corrected chi connectivity index (χ3v) is 4.06. The lowest BCUT2D eigenvalue weighted by Crippen LogP contribution is -2.31. The average molecular weight is 341 g/mol. The van der Waals surface area contributed by atoms with Gasteiger partial charge in [0.05, 0.1) is 0 Å². The minimum Gasteiger partial charge on any atom is -0.369 e. The molecule has 0 fully saturated rings. The number of anilines is 1. The van der Waals surface area contributed by atoms with E-state index < -0.39 is 0 Å². The Labute approximate surface area is 133 Å². The molecule has 2 nitrogen and oxygen atoms in total. The minimum absolute atomic E-state index is 0.534. The highest BCUT2D eigenvalue weighted by Crippen LogP contribution is 2.25. The summed E-state index contributed by atoms with van der Waals surface area (Å²) in [5, 5.41) is 3.49. The molecule has 1 aromatic carbocycles. The van der Waals surface area contributed by atoms with Gasteiger partial charge in [0, 0.05) is 29.3 Å². The molecule has 114 valence electrons. The van der Waals surface area contributed by atoms with Gasteiger partial charge >= 0.3 is 0 Å². The van der Waals surface area contributed by atoms with Crippen LogP contribution in [-0.2, 0) is 6.54 Å². The maximum atomic E-state index is 3.72. The molecule has 0 amide bonds. The van der Waals surface area contributed by atoms with E-state index in [9.17, 15) is 0 Å². The van der Waals surface area contributed by atoms with Gasteiger partial charge < -0.3 is 10.2 Å². The van der Waals surface area contributed by atoms with Crippen LogP contribution in [0.1, 0.15) is 46.6 Å². The van der Waals surface area contributed by atoms with Gasteiger partial charge in [0.25, 0.3) is 0 Å². The molecule has 0 radical (unpaired) electrons. The summed E-state index contributed by atoms with van der Waals surface area (Å²) in [4.78, 5) is 2.45. The van der Waals surface area contributed by atoms with E-state index in [4.69, 9.17) is 0 Å². The van der Waals surface area contributed by atoms with E-state index in [0.29, 0.717) is 12.0 Å². The molecule has 0 saturated heterocycles. The molecular weight excluding hydrogens is 312 g/mol. The van der Waals surface area contributed by atoms with E-state index in [1.54, 1.807) is 0 Å². The summed E-state index contributed by atoms with van der Waals surface area (Å²) >= 11 is 3.72. The minimum atomic E-state index is 0.534. The van der Waals surface area contributed by atoms with Crippen LogP contribution in [0, 0.1) is 5.92 Å². The highest BCUT2D eigenvalue weighted by Gasteiger charge is 2.11. The predicted molar refractivity (Wildman–Crippen MR) is 93.5 cm³/mol. The number of nitrogens with zero attached hydrogens (tertiary/aromatic N) is 1. The van der Waals surface area contributed by atoms with Crippen molar-refractivity contribution < 1.29 is 0 Å². The summed E-state index contributed by atoms with van der Waals surface area (Å²) < 4.78 is 1.20. The summed E-state index contributed by atoms with van der Waals surface area (Å²) in [6.45, 7) is 14.3. The Bertz CT molecular complexity index is 402. The first kappa shape index (κ1) is 17.5. The van der Waals surface area contributed by atoms with Crippen LogP contribution in [0.2, 0.25) is 0 Å². The molecule has 0 unspecified atom stereocenters. The third kappa shape index (κ3) is 5.45. The van der Waals surface area contributed by atoms with Crippen LogP contribution in [0.3, 0.4) is 0 Å². The fourth-order valence-corrected chi connectivity index (χ4v) is 2.79. The largest absolute Gasteiger partial charge is 0.369 e. The van der Waals surface area contributed by atoms with Crippen molar-refractivity contribution in [2.45, 2.75) is 53.6 Å². The second-order valence-electron chi connectivity index (χ2n) is 6.09. The van der Waals surface area contributed by atoms with Crippen molar-refractivity contribution in [3.05, 3.63) is 28.2 Å². The van der Waals surface area contributed by atoms with Gasteiger partial charge in [-0.3, -0.25) is 0 Å². The molecule has 0 saturated carbocycles. The van der Waals surface area contributed by atoms with Crippen LogP contribution in [0.25, 0.3) is 0 Å². The Morgan fingerprint density at radius 3 is 2.40 bits per heavy atom. The Balaban J connectivity index is 2.75. The summed E-state index contributed by atoms with van der Waals surface area (Å²) in [5.41, 5.74) is 2.64. The lowest BCUT2D eigenvalue weighted by atomic mass is 10.1. The first-order valence-electron chi connectivity index (χ1n) is 7.71. The van der Waals surface area contributed by atoms with Gasteiger partial charge in [-0.15, -0.1) is 0 Å². The number of benzene rings is 1. The molecule has 0 aliphatic carbocycles. The van der Waals surface area contributed by atoms with Gasteiger partial charge in [-0.25, -0.2) is 0 Å². The topological polar surface area (TPSA) is 15.3 Å². The van der Waals surface area contributed by atoms with Crippen molar-refractivity contribution in [3.63, 3.8) is 0 Å². The molecule has 3 heteroatoms. The predicted octanol–water partition coefficient (Wildman–Crippen LogP) is 4.82. The molecule has 20 heavy (non-hydrogen) atoms. The zero-order valence-corrected chi connectivity index (χ0v) is 15.1. The summed E-state index contributed by atoms with van der Waals surface area (Å²) in [5.74, 6) is 0.689. The van der Waals surface area contributed by atoms with E-state index >= 15 is 0 Å². The maximum absolute atomic E-state index is 3.72. The van der Waals surface area contributed by atoms with Crippen LogP contribution in [0.15, 0.2) is 22.7 Å². The fourth-order valence-electron chi connectivity index (χ4n) is 2.28. The standard InChI is InChI=1S/C17H29BrN2/c1-6-9-20(14(4)5)16-8-7-15(17(18)10-16)12-19-11-13(2)3/h7-8,10,13-14,19H,6,9,11-12H2,1-5H3. The molecule has 0 heterocycles. The van der Waals surface area contributed by atoms with Crippen molar-refractivity contribution in [3.8, 4) is 0 Å². The zero-order chi connectivity index (χ0) is 15.1. The summed E-state index contributed by atoms with van der Waals surface area (Å²) in [6, 6.07) is 7.26. The van der Waals surface area contributed by atoms with Gasteiger partial charge in [-0.2, -0.15) is 0 Å². The Morgan fingerprint density at radius 1 is 1.20 bits per heavy atom. The lowest BCUT2D eigenvalue weighted by Gasteiger charge is -2.29. The number of hydrogen-bond acceptors (Lipinski definition) is 2. The molecule has 0 atom stereocenters. The molecule has 0 spiro atoms. The van der Waals surface area contributed by atoms with E-state index in [2.05, 4.69) is 79.0 Å². The molecule has 1 N–H and O–H groups in total. The quantitative estimate of drug-likeness (QED) is 0.729. The Hall–Kier alpha value is -0.540. The van der Waals surface area contributed by atoms with Crippen LogP contribution < -0.4 is 10.2 Å². The van der Waals surface area contributed by atoms with Gasteiger partial charge in [-0.05, 0) is 50.4 Å². The Kier molecular flexibility index (Phi) is 7.60. The maximum Gasteiger partial charge on any atom is 0.0380 e. The molecule has 1 aromatic rings. The summed E-state index contributed by atoms with van der Waals surface area (Å²) in [7, 11) is 0. The first-order chi connectivity index (χ1) is 9.45. The summed E-state index contributed by atoms with van der Waals surface area (Å²) in [6.07, 6.45) is 1.17. The first-order valence-corrected chi connectivity index (χ1v) is 8.50. The molecule has 0 aliphatic rings. The van der Waals surface area contributed by atoms with Crippen LogP contribution in [0.4, 0.5) is 5.69 Å². The van der Waals surface area contributed by atoms with Crippen molar-refractivity contribution in [2.75, 3.05) is 18.0 Å². The SMILES string of the molecule is CCCN(c1ccc(CNCC(C)C)c(Br)c1)C(C)C. The van der Waals surface area contributed by atoms with Gasteiger partial charge in [0.1, 0.15) is 0 Å². The van der Waals surface area contributed by atoms with E-state index in [1.807, 2.05) is 0 Å². The van der Waals surface area contributed by atoms with E-state index in [-0.39, 0.29) is 0 Å². The fraction of sp³-hybridized carbons (Fsp3) is 0.647. The van der Waals surface area contributed by atoms with Crippen molar-refractivity contribution in [1.29, 1.82) is 0 Å². The monoisotopic (exact) mass is 340 g/mol. The second kappa shape index (κ2) is 8.68.